The highest BCUT2D eigenvalue weighted by molar-refractivity contribution is 6.02. The second-order valence-electron chi connectivity index (χ2n) is 8.79. The lowest BCUT2D eigenvalue weighted by Crippen LogP contribution is -2.26. The van der Waals surface area contributed by atoms with E-state index in [9.17, 15) is 4.79 Å². The van der Waals surface area contributed by atoms with Crippen molar-refractivity contribution in [1.29, 1.82) is 5.41 Å². The molecule has 8 nitrogen and oxygen atoms in total. The van der Waals surface area contributed by atoms with Crippen LogP contribution in [0.5, 0.6) is 5.88 Å². The molecule has 2 unspecified atom stereocenters. The summed E-state index contributed by atoms with van der Waals surface area (Å²) in [7, 11) is 1.85. The fourth-order valence-electron chi connectivity index (χ4n) is 4.35. The van der Waals surface area contributed by atoms with E-state index in [-0.39, 0.29) is 17.9 Å². The third kappa shape index (κ3) is 3.70. The van der Waals surface area contributed by atoms with E-state index >= 15 is 0 Å². The van der Waals surface area contributed by atoms with Gasteiger partial charge in [-0.25, -0.2) is 9.97 Å². The maximum absolute atomic E-state index is 11.7. The zero-order valence-electron chi connectivity index (χ0n) is 18.6. The summed E-state index contributed by atoms with van der Waals surface area (Å²) < 4.78 is 8.57. The summed E-state index contributed by atoms with van der Waals surface area (Å²) in [6, 6.07) is 8.38. The molecule has 3 N–H and O–H groups in total. The summed E-state index contributed by atoms with van der Waals surface area (Å²) in [6.07, 6.45) is 4.46. The van der Waals surface area contributed by atoms with E-state index in [1.165, 1.54) is 0 Å². The number of ether oxygens (including phenoxy) is 1. The van der Waals surface area contributed by atoms with Crippen LogP contribution in [0.1, 0.15) is 44.7 Å². The van der Waals surface area contributed by atoms with Gasteiger partial charge in [0.25, 0.3) is 0 Å². The number of rotatable bonds is 7. The molecule has 3 aromatic rings. The lowest BCUT2D eigenvalue weighted by Gasteiger charge is -2.20. The molecule has 0 bridgehead atoms. The van der Waals surface area contributed by atoms with Crippen molar-refractivity contribution in [2.45, 2.75) is 45.3 Å². The van der Waals surface area contributed by atoms with Gasteiger partial charge in [0.2, 0.25) is 11.8 Å². The average Bonchev–Trinajstić information content (AvgIpc) is 3.38. The van der Waals surface area contributed by atoms with E-state index in [4.69, 9.17) is 15.1 Å². The zero-order chi connectivity index (χ0) is 22.4. The first kappa shape index (κ1) is 20.5. The van der Waals surface area contributed by atoms with Crippen LogP contribution >= 0.6 is 0 Å². The van der Waals surface area contributed by atoms with Gasteiger partial charge in [0, 0.05) is 54.5 Å². The predicted molar refractivity (Wildman–Crippen MR) is 124 cm³/mol. The van der Waals surface area contributed by atoms with Gasteiger partial charge in [0.05, 0.1) is 17.5 Å². The van der Waals surface area contributed by atoms with Crippen LogP contribution in [0.4, 0.5) is 5.69 Å². The normalized spacial score (nSPS) is 19.1. The Labute approximate surface area is 186 Å². The zero-order valence-corrected chi connectivity index (χ0v) is 18.6. The van der Waals surface area contributed by atoms with Crippen LogP contribution in [-0.4, -0.2) is 45.9 Å². The number of nitrogens with one attached hydrogen (secondary N) is 3. The summed E-state index contributed by atoms with van der Waals surface area (Å²) in [6.45, 7) is 4.40. The molecule has 3 heterocycles. The minimum Gasteiger partial charge on any atom is -0.473 e. The number of aromatic nitrogens is 3. The van der Waals surface area contributed by atoms with E-state index < -0.39 is 0 Å². The summed E-state index contributed by atoms with van der Waals surface area (Å²) in [5.41, 5.74) is 5.64. The number of nitrogens with zero attached hydrogens (tertiary/aromatic N) is 3. The Kier molecular flexibility index (Phi) is 5.07. The minimum absolute atomic E-state index is 0.0690. The van der Waals surface area contributed by atoms with Gasteiger partial charge in [-0.05, 0) is 44.9 Å². The van der Waals surface area contributed by atoms with Crippen molar-refractivity contribution in [2.75, 3.05) is 18.9 Å². The predicted octanol–water partition coefficient (Wildman–Crippen LogP) is 3.77. The van der Waals surface area contributed by atoms with E-state index in [0.29, 0.717) is 30.6 Å². The molecule has 1 aromatic carbocycles. The molecule has 1 aliphatic heterocycles. The molecule has 2 aromatic heterocycles. The number of hydrogen-bond donors (Lipinski definition) is 3. The minimum atomic E-state index is -0.159. The number of anilines is 1. The van der Waals surface area contributed by atoms with Crippen LogP contribution in [-0.2, 0) is 4.79 Å². The maximum atomic E-state index is 11.7. The molecular weight excluding hydrogens is 404 g/mol. The third-order valence-corrected chi connectivity index (χ3v) is 6.42. The van der Waals surface area contributed by atoms with Crippen molar-refractivity contribution < 1.29 is 9.53 Å². The van der Waals surface area contributed by atoms with E-state index in [0.717, 1.165) is 46.4 Å². The van der Waals surface area contributed by atoms with Crippen molar-refractivity contribution in [1.82, 2.24) is 19.9 Å². The molecule has 1 saturated carbocycles. The van der Waals surface area contributed by atoms with Gasteiger partial charge in [0.15, 0.2) is 0 Å². The van der Waals surface area contributed by atoms with E-state index in [1.54, 1.807) is 6.92 Å². The Balaban J connectivity index is 1.58. The molecule has 0 radical (unpaired) electrons. The molecule has 1 aliphatic carbocycles. The number of imidazole rings is 1. The Hall–Kier alpha value is -3.42. The smallest absolute Gasteiger partial charge is 0.241 e. The lowest BCUT2D eigenvalue weighted by atomic mass is 10.0. The van der Waals surface area contributed by atoms with Gasteiger partial charge in [-0.15, -0.1) is 0 Å². The molecule has 0 spiro atoms. The summed E-state index contributed by atoms with van der Waals surface area (Å²) in [4.78, 5) is 21.3. The molecule has 8 heteroatoms. The number of carbonyl (C=O) groups is 1. The van der Waals surface area contributed by atoms with Crippen molar-refractivity contribution in [3.05, 3.63) is 36.2 Å². The van der Waals surface area contributed by atoms with Crippen molar-refractivity contribution in [2.24, 2.45) is 5.92 Å². The summed E-state index contributed by atoms with van der Waals surface area (Å²) >= 11 is 0. The SMILES string of the molecule is CNc1ccc(-c2cc3ncn(C4CC4)c3c(OC(C)C3CNC(=O)C3)n2)cc1C(C)=N. The van der Waals surface area contributed by atoms with Gasteiger partial charge in [-0.3, -0.25) is 4.79 Å². The van der Waals surface area contributed by atoms with Gasteiger partial charge < -0.3 is 25.3 Å². The molecule has 166 valence electrons. The lowest BCUT2D eigenvalue weighted by molar-refractivity contribution is -0.119. The van der Waals surface area contributed by atoms with E-state index in [2.05, 4.69) is 20.2 Å². The standard InChI is InChI=1S/C24H28N6O2/c1-13(25)18-8-15(4-7-19(18)26-3)20-10-21-23(30(12-28-21)17-5-6-17)24(29-20)32-14(2)16-9-22(31)27-11-16/h4,7-8,10,12,14,16-17,25-26H,5-6,9,11H2,1-3H3,(H,27,31). The molecule has 1 saturated heterocycles. The molecular formula is C24H28N6O2. The Morgan fingerprint density at radius 1 is 1.34 bits per heavy atom. The molecule has 5 rings (SSSR count). The van der Waals surface area contributed by atoms with Crippen LogP contribution in [0.25, 0.3) is 22.3 Å². The molecule has 32 heavy (non-hydrogen) atoms. The second-order valence-corrected chi connectivity index (χ2v) is 8.79. The number of carbonyl (C=O) groups excluding carboxylic acids is 1. The highest BCUT2D eigenvalue weighted by Crippen LogP contribution is 2.40. The fraction of sp³-hybridized carbons (Fsp3) is 0.417. The molecule has 2 aliphatic rings. The van der Waals surface area contributed by atoms with E-state index in [1.807, 2.05) is 44.6 Å². The topological polar surface area (TPSA) is 105 Å². The number of benzene rings is 1. The largest absolute Gasteiger partial charge is 0.473 e. The van der Waals surface area contributed by atoms with Crippen LogP contribution in [0, 0.1) is 11.3 Å². The highest BCUT2D eigenvalue weighted by atomic mass is 16.5. The molecule has 1 amide bonds. The number of fused-ring (bicyclic) bond motifs is 1. The molecule has 2 fully saturated rings. The van der Waals surface area contributed by atoms with Crippen molar-refractivity contribution >= 4 is 28.3 Å². The summed E-state index contributed by atoms with van der Waals surface area (Å²) in [5.74, 6) is 0.737. The first-order valence-corrected chi connectivity index (χ1v) is 11.1. The Morgan fingerprint density at radius 3 is 2.81 bits per heavy atom. The van der Waals surface area contributed by atoms with Crippen LogP contribution in [0.2, 0.25) is 0 Å². The van der Waals surface area contributed by atoms with Crippen LogP contribution < -0.4 is 15.4 Å². The first-order valence-electron chi connectivity index (χ1n) is 11.1. The van der Waals surface area contributed by atoms with Gasteiger partial charge in [-0.1, -0.05) is 6.07 Å². The number of hydrogen-bond acceptors (Lipinski definition) is 6. The molecule has 2 atom stereocenters. The van der Waals surface area contributed by atoms with Gasteiger partial charge >= 0.3 is 0 Å². The number of amides is 1. The fourth-order valence-corrected chi connectivity index (χ4v) is 4.35. The Morgan fingerprint density at radius 2 is 2.16 bits per heavy atom. The van der Waals surface area contributed by atoms with Gasteiger partial charge in [-0.2, -0.15) is 0 Å². The van der Waals surface area contributed by atoms with Crippen LogP contribution in [0.15, 0.2) is 30.6 Å². The van der Waals surface area contributed by atoms with Crippen LogP contribution in [0.3, 0.4) is 0 Å². The second kappa shape index (κ2) is 7.93. The maximum Gasteiger partial charge on any atom is 0.241 e. The Bertz CT molecular complexity index is 1210. The van der Waals surface area contributed by atoms with Crippen molar-refractivity contribution in [3.63, 3.8) is 0 Å². The number of pyridine rings is 1. The van der Waals surface area contributed by atoms with Crippen molar-refractivity contribution in [3.8, 4) is 17.1 Å². The quantitative estimate of drug-likeness (QED) is 0.493. The first-order chi connectivity index (χ1) is 15.4. The van der Waals surface area contributed by atoms with Gasteiger partial charge in [0.1, 0.15) is 11.6 Å². The monoisotopic (exact) mass is 432 g/mol. The highest BCUT2D eigenvalue weighted by Gasteiger charge is 2.31. The third-order valence-electron chi connectivity index (χ3n) is 6.42. The average molecular weight is 433 g/mol. The summed E-state index contributed by atoms with van der Waals surface area (Å²) in [5, 5.41) is 14.2.